The van der Waals surface area contributed by atoms with E-state index in [2.05, 4.69) is 109 Å². The van der Waals surface area contributed by atoms with Gasteiger partial charge in [0.15, 0.2) is 23.3 Å². The highest BCUT2D eigenvalue weighted by Crippen LogP contribution is 2.37. The Morgan fingerprint density at radius 1 is 0.255 bits per heavy atom. The zero-order valence-corrected chi connectivity index (χ0v) is 30.4. The maximum atomic E-state index is 5.06. The summed E-state index contributed by atoms with van der Waals surface area (Å²) in [5, 5.41) is 2.46. The molecule has 0 radical (unpaired) electrons. The highest BCUT2D eigenvalue weighted by atomic mass is 32.1. The molecular weight excluding hydrogens is 691 g/mol. The molecule has 10 rings (SSSR count). The van der Waals surface area contributed by atoms with E-state index < -0.39 is 0 Å². The third-order valence-electron chi connectivity index (χ3n) is 9.76. The van der Waals surface area contributed by atoms with Crippen LogP contribution in [0.25, 0.3) is 99.4 Å². The first-order chi connectivity index (χ1) is 27.2. The lowest BCUT2D eigenvalue weighted by Gasteiger charge is -2.11. The van der Waals surface area contributed by atoms with Gasteiger partial charge in [0.05, 0.1) is 11.4 Å². The van der Waals surface area contributed by atoms with Crippen LogP contribution in [0, 0.1) is 0 Å². The van der Waals surface area contributed by atoms with Gasteiger partial charge in [-0.25, -0.2) is 24.9 Å². The van der Waals surface area contributed by atoms with E-state index in [1.165, 1.54) is 20.2 Å². The van der Waals surface area contributed by atoms with E-state index in [0.717, 1.165) is 55.9 Å². The number of thiophene rings is 1. The van der Waals surface area contributed by atoms with E-state index in [9.17, 15) is 0 Å². The van der Waals surface area contributed by atoms with Crippen molar-refractivity contribution in [2.45, 2.75) is 0 Å². The molecule has 0 aliphatic rings. The van der Waals surface area contributed by atoms with Crippen LogP contribution in [0.15, 0.2) is 188 Å². The maximum Gasteiger partial charge on any atom is 0.164 e. The van der Waals surface area contributed by atoms with Gasteiger partial charge in [0.2, 0.25) is 0 Å². The van der Waals surface area contributed by atoms with Crippen molar-refractivity contribution in [3.63, 3.8) is 0 Å². The molecule has 0 saturated carbocycles. The van der Waals surface area contributed by atoms with Gasteiger partial charge in [-0.2, -0.15) is 0 Å². The largest absolute Gasteiger partial charge is 0.228 e. The topological polar surface area (TPSA) is 64.5 Å². The Morgan fingerprint density at radius 2 is 0.709 bits per heavy atom. The smallest absolute Gasteiger partial charge is 0.164 e. The van der Waals surface area contributed by atoms with Crippen LogP contribution in [-0.2, 0) is 0 Å². The fraction of sp³-hybridized carbons (Fsp3) is 0. The summed E-state index contributed by atoms with van der Waals surface area (Å²) < 4.78 is 2.52. The molecular formula is C49H31N5S. The Kier molecular flexibility index (Phi) is 8.28. The third-order valence-corrected chi connectivity index (χ3v) is 10.9. The second-order valence-corrected chi connectivity index (χ2v) is 14.4. The average molecular weight is 722 g/mol. The van der Waals surface area contributed by atoms with Crippen LogP contribution < -0.4 is 0 Å². The summed E-state index contributed by atoms with van der Waals surface area (Å²) in [7, 11) is 0. The van der Waals surface area contributed by atoms with E-state index in [-0.39, 0.29) is 0 Å². The van der Waals surface area contributed by atoms with Crippen LogP contribution >= 0.6 is 11.3 Å². The molecule has 0 spiro atoms. The molecule has 0 atom stereocenters. The van der Waals surface area contributed by atoms with Crippen LogP contribution in [0.1, 0.15) is 0 Å². The molecule has 7 aromatic carbocycles. The lowest BCUT2D eigenvalue weighted by atomic mass is 9.99. The second-order valence-electron chi connectivity index (χ2n) is 13.3. The lowest BCUT2D eigenvalue weighted by Crippen LogP contribution is -2.00. The summed E-state index contributed by atoms with van der Waals surface area (Å²) >= 11 is 1.80. The summed E-state index contributed by atoms with van der Waals surface area (Å²) in [6.45, 7) is 0. The molecule has 0 amide bonds. The van der Waals surface area contributed by atoms with Crippen LogP contribution in [0.3, 0.4) is 0 Å². The van der Waals surface area contributed by atoms with Gasteiger partial charge >= 0.3 is 0 Å². The first kappa shape index (κ1) is 32.5. The Labute approximate surface area is 322 Å². The van der Waals surface area contributed by atoms with Gasteiger partial charge < -0.3 is 0 Å². The number of hydrogen-bond acceptors (Lipinski definition) is 6. The fourth-order valence-electron chi connectivity index (χ4n) is 6.95. The summed E-state index contributed by atoms with van der Waals surface area (Å²) in [6, 6.07) is 64.6. The average Bonchev–Trinajstić information content (AvgIpc) is 3.65. The molecule has 0 unspecified atom stereocenters. The van der Waals surface area contributed by atoms with Gasteiger partial charge in [-0.1, -0.05) is 152 Å². The quantitative estimate of drug-likeness (QED) is 0.164. The van der Waals surface area contributed by atoms with Crippen molar-refractivity contribution in [2.75, 3.05) is 0 Å². The number of hydrogen-bond donors (Lipinski definition) is 0. The van der Waals surface area contributed by atoms with Gasteiger partial charge in [-0.3, -0.25) is 0 Å². The molecule has 5 nitrogen and oxygen atoms in total. The molecule has 0 bridgehead atoms. The molecule has 0 saturated heterocycles. The van der Waals surface area contributed by atoms with E-state index in [1.54, 1.807) is 11.3 Å². The fourth-order valence-corrected chi connectivity index (χ4v) is 8.04. The number of rotatable bonds is 7. The predicted molar refractivity (Wildman–Crippen MR) is 226 cm³/mol. The molecule has 3 aromatic heterocycles. The van der Waals surface area contributed by atoms with Crippen molar-refractivity contribution in [3.8, 4) is 79.2 Å². The molecule has 0 aliphatic heterocycles. The summed E-state index contributed by atoms with van der Waals surface area (Å²) in [5.74, 6) is 2.61. The highest BCUT2D eigenvalue weighted by Gasteiger charge is 2.15. The molecule has 0 aliphatic carbocycles. The Hall–Kier alpha value is -7.15. The zero-order valence-electron chi connectivity index (χ0n) is 29.5. The lowest BCUT2D eigenvalue weighted by molar-refractivity contribution is 1.07. The summed E-state index contributed by atoms with van der Waals surface area (Å²) in [5.41, 5.74) is 9.78. The zero-order chi connectivity index (χ0) is 36.6. The van der Waals surface area contributed by atoms with Gasteiger partial charge in [-0.05, 0) is 47.5 Å². The molecule has 258 valence electrons. The number of fused-ring (bicyclic) bond motifs is 3. The predicted octanol–water partition coefficient (Wildman–Crippen LogP) is 12.7. The number of aromatic nitrogens is 5. The Bertz CT molecular complexity index is 2900. The van der Waals surface area contributed by atoms with Gasteiger partial charge in [0, 0.05) is 53.6 Å². The van der Waals surface area contributed by atoms with Gasteiger partial charge in [-0.15, -0.1) is 11.3 Å². The van der Waals surface area contributed by atoms with Crippen molar-refractivity contribution in [3.05, 3.63) is 188 Å². The molecule has 0 N–H and O–H groups in total. The molecule has 6 heteroatoms. The summed E-state index contributed by atoms with van der Waals surface area (Å²) in [6.07, 6.45) is 0. The molecule has 0 fully saturated rings. The highest BCUT2D eigenvalue weighted by molar-refractivity contribution is 7.25. The van der Waals surface area contributed by atoms with Crippen molar-refractivity contribution < 1.29 is 0 Å². The minimum atomic E-state index is 0.627. The Morgan fingerprint density at radius 3 is 1.38 bits per heavy atom. The van der Waals surface area contributed by atoms with E-state index in [0.29, 0.717) is 23.3 Å². The van der Waals surface area contributed by atoms with E-state index in [1.807, 2.05) is 78.9 Å². The second kappa shape index (κ2) is 14.0. The first-order valence-corrected chi connectivity index (χ1v) is 19.0. The van der Waals surface area contributed by atoms with Gasteiger partial charge in [0.1, 0.15) is 0 Å². The van der Waals surface area contributed by atoms with E-state index in [4.69, 9.17) is 24.9 Å². The van der Waals surface area contributed by atoms with Crippen molar-refractivity contribution in [1.82, 2.24) is 24.9 Å². The van der Waals surface area contributed by atoms with Crippen LogP contribution in [0.5, 0.6) is 0 Å². The standard InChI is InChI=1S/C49H31N5S/c1-4-13-33(14-5-1)42-31-43(51-46(50-42)34-15-6-2-7-16-34)38-20-12-19-37(29-38)32-23-25-36(26-24-32)48-52-47(35-17-8-3-9-18-35)53-49(54-48)39-27-28-45-41(30-39)40-21-10-11-22-44(40)55-45/h1-31H. The minimum absolute atomic E-state index is 0.627. The van der Waals surface area contributed by atoms with Gasteiger partial charge in [0.25, 0.3) is 0 Å². The van der Waals surface area contributed by atoms with Crippen molar-refractivity contribution in [1.29, 1.82) is 0 Å². The number of benzene rings is 7. The minimum Gasteiger partial charge on any atom is -0.228 e. The third kappa shape index (κ3) is 6.45. The summed E-state index contributed by atoms with van der Waals surface area (Å²) in [4.78, 5) is 25.1. The SMILES string of the molecule is c1ccc(-c2cc(-c3cccc(-c4ccc(-c5nc(-c6ccccc6)nc(-c6ccc7sc8ccccc8c7c6)n5)cc4)c3)nc(-c3ccccc3)n2)cc1. The molecule has 55 heavy (non-hydrogen) atoms. The molecule has 3 heterocycles. The Balaban J connectivity index is 1.02. The van der Waals surface area contributed by atoms with Crippen LogP contribution in [0.4, 0.5) is 0 Å². The van der Waals surface area contributed by atoms with Crippen LogP contribution in [0.2, 0.25) is 0 Å². The number of nitrogens with zero attached hydrogens (tertiary/aromatic N) is 5. The molecule has 10 aromatic rings. The van der Waals surface area contributed by atoms with E-state index >= 15 is 0 Å². The first-order valence-electron chi connectivity index (χ1n) is 18.2. The van der Waals surface area contributed by atoms with Crippen molar-refractivity contribution in [2.24, 2.45) is 0 Å². The maximum absolute atomic E-state index is 5.06. The monoisotopic (exact) mass is 721 g/mol. The van der Waals surface area contributed by atoms with Crippen LogP contribution in [-0.4, -0.2) is 24.9 Å². The van der Waals surface area contributed by atoms with Crippen molar-refractivity contribution >= 4 is 31.5 Å². The normalized spacial score (nSPS) is 11.3.